The van der Waals surface area contributed by atoms with Crippen LogP contribution < -0.4 is 14.8 Å². The van der Waals surface area contributed by atoms with Crippen LogP contribution in [0.3, 0.4) is 0 Å². The van der Waals surface area contributed by atoms with E-state index in [2.05, 4.69) is 26.1 Å². The van der Waals surface area contributed by atoms with Crippen molar-refractivity contribution in [1.29, 1.82) is 0 Å². The standard InChI is InChI=1S/C26H32N4O4/c1-26(2,3)22-16-23(30(28-22)19-9-13-21(34-6)14-10-19)27-24(31)17-29(4)25(32)15-18-7-11-20(33-5)12-8-18/h7-14,16H,15,17H2,1-6H3,(H,27,31). The van der Waals surface area contributed by atoms with E-state index in [0.29, 0.717) is 5.82 Å². The normalized spacial score (nSPS) is 11.1. The van der Waals surface area contributed by atoms with Gasteiger partial charge in [0.1, 0.15) is 17.3 Å². The van der Waals surface area contributed by atoms with Crippen LogP contribution in [-0.2, 0) is 21.4 Å². The Labute approximate surface area is 200 Å². The number of likely N-dealkylation sites (N-methyl/N-ethyl adjacent to an activating group) is 1. The topological polar surface area (TPSA) is 85.7 Å². The summed E-state index contributed by atoms with van der Waals surface area (Å²) in [6.45, 7) is 6.11. The van der Waals surface area contributed by atoms with Crippen molar-refractivity contribution in [3.05, 3.63) is 65.9 Å². The van der Waals surface area contributed by atoms with Gasteiger partial charge in [0.15, 0.2) is 0 Å². The van der Waals surface area contributed by atoms with Crippen LogP contribution in [0.15, 0.2) is 54.6 Å². The number of carbonyl (C=O) groups excluding carboxylic acids is 2. The van der Waals surface area contributed by atoms with Gasteiger partial charge < -0.3 is 19.7 Å². The molecule has 1 heterocycles. The lowest BCUT2D eigenvalue weighted by Gasteiger charge is -2.17. The van der Waals surface area contributed by atoms with Gasteiger partial charge in [-0.1, -0.05) is 32.9 Å². The fourth-order valence-corrected chi connectivity index (χ4v) is 3.30. The number of rotatable bonds is 8. The Hall–Kier alpha value is -3.81. The molecule has 8 heteroatoms. The molecule has 34 heavy (non-hydrogen) atoms. The Bertz CT molecular complexity index is 1130. The largest absolute Gasteiger partial charge is 0.497 e. The van der Waals surface area contributed by atoms with Crippen molar-refractivity contribution in [2.24, 2.45) is 0 Å². The number of hydrogen-bond donors (Lipinski definition) is 1. The average molecular weight is 465 g/mol. The Kier molecular flexibility index (Phi) is 7.61. The molecule has 3 aromatic rings. The van der Waals surface area contributed by atoms with Crippen molar-refractivity contribution in [2.75, 3.05) is 33.1 Å². The quantitative estimate of drug-likeness (QED) is 0.548. The third-order valence-electron chi connectivity index (χ3n) is 5.38. The van der Waals surface area contributed by atoms with Gasteiger partial charge in [0, 0.05) is 18.5 Å². The third kappa shape index (κ3) is 6.15. The lowest BCUT2D eigenvalue weighted by molar-refractivity contribution is -0.132. The first-order chi connectivity index (χ1) is 16.1. The molecule has 0 saturated heterocycles. The van der Waals surface area contributed by atoms with Gasteiger partial charge in [-0.2, -0.15) is 5.10 Å². The summed E-state index contributed by atoms with van der Waals surface area (Å²) in [5, 5.41) is 7.63. The lowest BCUT2D eigenvalue weighted by Crippen LogP contribution is -2.36. The smallest absolute Gasteiger partial charge is 0.245 e. The highest BCUT2D eigenvalue weighted by Crippen LogP contribution is 2.27. The second-order valence-corrected chi connectivity index (χ2v) is 9.10. The number of methoxy groups -OCH3 is 2. The summed E-state index contributed by atoms with van der Waals surface area (Å²) in [6, 6.07) is 16.6. The minimum Gasteiger partial charge on any atom is -0.497 e. The van der Waals surface area contributed by atoms with Crippen LogP contribution >= 0.6 is 0 Å². The van der Waals surface area contributed by atoms with Crippen molar-refractivity contribution >= 4 is 17.6 Å². The second-order valence-electron chi connectivity index (χ2n) is 9.10. The third-order valence-corrected chi connectivity index (χ3v) is 5.38. The zero-order chi connectivity index (χ0) is 24.9. The molecule has 0 spiro atoms. The number of ether oxygens (including phenoxy) is 2. The number of nitrogens with one attached hydrogen (secondary N) is 1. The number of hydrogen-bond acceptors (Lipinski definition) is 5. The summed E-state index contributed by atoms with van der Waals surface area (Å²) in [4.78, 5) is 26.9. The summed E-state index contributed by atoms with van der Waals surface area (Å²) >= 11 is 0. The molecule has 0 fully saturated rings. The first-order valence-electron chi connectivity index (χ1n) is 11.0. The van der Waals surface area contributed by atoms with E-state index >= 15 is 0 Å². The molecule has 0 aliphatic heterocycles. The van der Waals surface area contributed by atoms with Crippen LogP contribution in [-0.4, -0.2) is 54.3 Å². The van der Waals surface area contributed by atoms with Crippen LogP contribution in [0.5, 0.6) is 11.5 Å². The van der Waals surface area contributed by atoms with Gasteiger partial charge in [-0.15, -0.1) is 0 Å². The van der Waals surface area contributed by atoms with Crippen molar-refractivity contribution in [1.82, 2.24) is 14.7 Å². The number of aromatic nitrogens is 2. The zero-order valence-electron chi connectivity index (χ0n) is 20.6. The Morgan fingerprint density at radius 3 is 2.06 bits per heavy atom. The Balaban J connectivity index is 1.72. The molecule has 0 saturated carbocycles. The highest BCUT2D eigenvalue weighted by atomic mass is 16.5. The zero-order valence-corrected chi connectivity index (χ0v) is 20.6. The molecule has 1 aromatic heterocycles. The number of benzene rings is 2. The fourth-order valence-electron chi connectivity index (χ4n) is 3.30. The van der Waals surface area contributed by atoms with E-state index in [1.54, 1.807) is 25.9 Å². The van der Waals surface area contributed by atoms with E-state index in [1.807, 2.05) is 54.6 Å². The molecule has 3 rings (SSSR count). The van der Waals surface area contributed by atoms with Gasteiger partial charge >= 0.3 is 0 Å². The highest BCUT2D eigenvalue weighted by molar-refractivity contribution is 5.94. The van der Waals surface area contributed by atoms with E-state index in [0.717, 1.165) is 28.4 Å². The molecule has 180 valence electrons. The van der Waals surface area contributed by atoms with Crippen LogP contribution in [0.2, 0.25) is 0 Å². The Morgan fingerprint density at radius 2 is 1.53 bits per heavy atom. The summed E-state index contributed by atoms with van der Waals surface area (Å²) < 4.78 is 12.1. The maximum atomic E-state index is 12.8. The molecular weight excluding hydrogens is 432 g/mol. The van der Waals surface area contributed by atoms with Crippen molar-refractivity contribution < 1.29 is 19.1 Å². The van der Waals surface area contributed by atoms with E-state index < -0.39 is 0 Å². The minimum absolute atomic E-state index is 0.0758. The summed E-state index contributed by atoms with van der Waals surface area (Å²) in [7, 11) is 4.82. The van der Waals surface area contributed by atoms with Gasteiger partial charge in [-0.3, -0.25) is 9.59 Å². The predicted molar refractivity (Wildman–Crippen MR) is 132 cm³/mol. The van der Waals surface area contributed by atoms with Crippen molar-refractivity contribution in [2.45, 2.75) is 32.6 Å². The molecule has 0 aliphatic rings. The van der Waals surface area contributed by atoms with Gasteiger partial charge in [0.2, 0.25) is 11.8 Å². The monoisotopic (exact) mass is 464 g/mol. The van der Waals surface area contributed by atoms with E-state index in [9.17, 15) is 9.59 Å². The fraction of sp³-hybridized carbons (Fsp3) is 0.346. The van der Waals surface area contributed by atoms with Crippen LogP contribution in [0.25, 0.3) is 5.69 Å². The minimum atomic E-state index is -0.305. The molecule has 8 nitrogen and oxygen atoms in total. The molecule has 0 radical (unpaired) electrons. The number of carbonyl (C=O) groups is 2. The molecule has 2 aromatic carbocycles. The predicted octanol–water partition coefficient (Wildman–Crippen LogP) is 3.83. The van der Waals surface area contributed by atoms with Gasteiger partial charge in [-0.05, 0) is 42.0 Å². The van der Waals surface area contributed by atoms with Gasteiger partial charge in [-0.25, -0.2) is 4.68 Å². The van der Waals surface area contributed by atoms with E-state index in [4.69, 9.17) is 14.6 Å². The highest BCUT2D eigenvalue weighted by Gasteiger charge is 2.22. The summed E-state index contributed by atoms with van der Waals surface area (Å²) in [5.74, 6) is 1.54. The average Bonchev–Trinajstić information content (AvgIpc) is 3.23. The van der Waals surface area contributed by atoms with Gasteiger partial charge in [0.05, 0.1) is 38.6 Å². The molecule has 1 N–H and O–H groups in total. The number of amides is 2. The Morgan fingerprint density at radius 1 is 0.971 bits per heavy atom. The maximum Gasteiger partial charge on any atom is 0.245 e. The van der Waals surface area contributed by atoms with Crippen molar-refractivity contribution in [3.8, 4) is 17.2 Å². The lowest BCUT2D eigenvalue weighted by atomic mass is 9.92. The van der Waals surface area contributed by atoms with Crippen LogP contribution in [0.1, 0.15) is 32.0 Å². The molecule has 0 aliphatic carbocycles. The molecule has 0 bridgehead atoms. The van der Waals surface area contributed by atoms with E-state index in [-0.39, 0.29) is 30.2 Å². The second kappa shape index (κ2) is 10.4. The first kappa shape index (κ1) is 24.8. The first-order valence-corrected chi connectivity index (χ1v) is 11.0. The number of nitrogens with zero attached hydrogens (tertiary/aromatic N) is 3. The van der Waals surface area contributed by atoms with Crippen LogP contribution in [0.4, 0.5) is 5.82 Å². The summed E-state index contributed by atoms with van der Waals surface area (Å²) in [6.07, 6.45) is 0.200. The van der Waals surface area contributed by atoms with Crippen LogP contribution in [0, 0.1) is 0 Å². The van der Waals surface area contributed by atoms with Crippen molar-refractivity contribution in [3.63, 3.8) is 0 Å². The molecular formula is C26H32N4O4. The maximum absolute atomic E-state index is 12.8. The SMILES string of the molecule is COc1ccc(CC(=O)N(C)CC(=O)Nc2cc(C(C)(C)C)nn2-c2ccc(OC)cc2)cc1. The molecule has 0 unspecified atom stereocenters. The number of anilines is 1. The van der Waals surface area contributed by atoms with E-state index in [1.165, 1.54) is 4.90 Å². The molecule has 0 atom stereocenters. The molecule has 2 amide bonds. The summed E-state index contributed by atoms with van der Waals surface area (Å²) in [5.41, 5.74) is 2.27. The van der Waals surface area contributed by atoms with Gasteiger partial charge in [0.25, 0.3) is 0 Å².